The summed E-state index contributed by atoms with van der Waals surface area (Å²) in [6, 6.07) is 54.2. The van der Waals surface area contributed by atoms with Gasteiger partial charge in [0.2, 0.25) is 0 Å². The quantitative estimate of drug-likeness (QED) is 0.245. The van der Waals surface area contributed by atoms with E-state index in [0.29, 0.717) is 0 Å². The Morgan fingerprint density at radius 1 is 0.375 bits per heavy atom. The standard InChI is InChI=1S/C18H14As.2C6H5.Bi/c1-4-10-16(11-5-1)19(17-12-6-2-7-13-17)18-14-8-3-9-15-18;2*1-2-4-6-5-3-1;/h1-14H;2*1-5H;. The third-order valence-corrected chi connectivity index (χ3v) is 22.0. The Morgan fingerprint density at radius 3 is 1.22 bits per heavy atom. The van der Waals surface area contributed by atoms with Crippen molar-refractivity contribution in [3.05, 3.63) is 146 Å². The minimum absolute atomic E-state index is 1.49. The van der Waals surface area contributed by atoms with Gasteiger partial charge in [0.25, 0.3) is 0 Å². The first-order valence-corrected chi connectivity index (χ1v) is 18.8. The molecular formula is C30H24AsBi. The summed E-state index contributed by atoms with van der Waals surface area (Å²) in [6.45, 7) is 0. The number of rotatable bonds is 6. The first-order valence-electron chi connectivity index (χ1n) is 10.8. The number of hydrogen-bond donors (Lipinski definition) is 0. The van der Waals surface area contributed by atoms with Crippen LogP contribution in [0.15, 0.2) is 146 Å². The molecule has 154 valence electrons. The van der Waals surface area contributed by atoms with Crippen LogP contribution in [0.5, 0.6) is 0 Å². The third kappa shape index (κ3) is 4.66. The topological polar surface area (TPSA) is 0 Å². The van der Waals surface area contributed by atoms with Crippen LogP contribution in [0.3, 0.4) is 0 Å². The Balaban J connectivity index is 1.74. The summed E-state index contributed by atoms with van der Waals surface area (Å²) < 4.78 is 9.26. The van der Waals surface area contributed by atoms with Crippen molar-refractivity contribution >= 4 is 59.3 Å². The summed E-state index contributed by atoms with van der Waals surface area (Å²) >= 11 is -4.16. The number of benzene rings is 5. The molecular weight excluding hydrogens is 644 g/mol. The Labute approximate surface area is 203 Å². The summed E-state index contributed by atoms with van der Waals surface area (Å²) in [6.07, 6.45) is 0. The van der Waals surface area contributed by atoms with Gasteiger partial charge in [0, 0.05) is 0 Å². The molecule has 0 aliphatic heterocycles. The molecule has 0 aliphatic rings. The van der Waals surface area contributed by atoms with Crippen LogP contribution in [0, 0.1) is 0 Å². The van der Waals surface area contributed by atoms with Crippen LogP contribution in [-0.2, 0) is 0 Å². The molecule has 0 saturated heterocycles. The van der Waals surface area contributed by atoms with Crippen LogP contribution in [-0.4, -0.2) is 36.4 Å². The van der Waals surface area contributed by atoms with Crippen molar-refractivity contribution in [3.63, 3.8) is 0 Å². The second-order valence-electron chi connectivity index (χ2n) is 7.50. The van der Waals surface area contributed by atoms with Gasteiger partial charge in [0.1, 0.15) is 0 Å². The molecule has 0 nitrogen and oxygen atoms in total. The molecule has 0 radical (unpaired) electrons. The Bertz CT molecular complexity index is 1070. The first kappa shape index (κ1) is 21.4. The molecule has 0 spiro atoms. The minimum atomic E-state index is -2.46. The SMILES string of the molecule is c1ccc([As](c2ccccc2)c2cccc[c]2[Bi]([c]2ccccc2)[c]2ccccc2)cc1. The van der Waals surface area contributed by atoms with Crippen molar-refractivity contribution in [2.24, 2.45) is 0 Å². The fraction of sp³-hybridized carbons (Fsp3) is 0. The first-order chi connectivity index (χ1) is 15.9. The molecule has 32 heavy (non-hydrogen) atoms. The average molecular weight is 668 g/mol. The van der Waals surface area contributed by atoms with Crippen molar-refractivity contribution in [2.45, 2.75) is 0 Å². The molecule has 0 fully saturated rings. The zero-order valence-corrected chi connectivity index (χ0v) is 23.1. The molecule has 0 aliphatic carbocycles. The summed E-state index contributed by atoms with van der Waals surface area (Å²) in [5.74, 6) is 0. The molecule has 0 N–H and O–H groups in total. The molecule has 5 rings (SSSR count). The second kappa shape index (κ2) is 10.4. The molecule has 0 bridgehead atoms. The van der Waals surface area contributed by atoms with Crippen LogP contribution in [0.2, 0.25) is 0 Å². The summed E-state index contributed by atoms with van der Waals surface area (Å²) in [7, 11) is 0. The molecule has 0 heterocycles. The second-order valence-corrected chi connectivity index (χ2v) is 20.6. The molecule has 0 unspecified atom stereocenters. The zero-order valence-electron chi connectivity index (χ0n) is 17.8. The molecule has 5 aromatic rings. The molecule has 0 aromatic heterocycles. The Morgan fingerprint density at radius 2 is 0.750 bits per heavy atom. The predicted molar refractivity (Wildman–Crippen MR) is 142 cm³/mol. The predicted octanol–water partition coefficient (Wildman–Crippen LogP) is 2.72. The fourth-order valence-electron chi connectivity index (χ4n) is 4.01. The van der Waals surface area contributed by atoms with E-state index in [1.165, 1.54) is 15.2 Å². The van der Waals surface area contributed by atoms with E-state index in [0.717, 1.165) is 0 Å². The normalized spacial score (nSPS) is 11.1. The van der Waals surface area contributed by atoms with Gasteiger partial charge >= 0.3 is 205 Å². The molecule has 2 heteroatoms. The van der Waals surface area contributed by atoms with E-state index in [1.54, 1.807) is 7.62 Å². The average Bonchev–Trinajstić information content (AvgIpc) is 2.88. The molecule has 0 amide bonds. The van der Waals surface area contributed by atoms with E-state index in [4.69, 9.17) is 0 Å². The Kier molecular flexibility index (Phi) is 6.98. The van der Waals surface area contributed by atoms with Gasteiger partial charge in [0.15, 0.2) is 0 Å². The van der Waals surface area contributed by atoms with E-state index in [-0.39, 0.29) is 0 Å². The van der Waals surface area contributed by atoms with Crippen LogP contribution in [0.25, 0.3) is 0 Å². The van der Waals surface area contributed by atoms with Gasteiger partial charge in [-0.1, -0.05) is 0 Å². The van der Waals surface area contributed by atoms with Crippen molar-refractivity contribution in [1.82, 2.24) is 0 Å². The maximum absolute atomic E-state index is 2.46. The van der Waals surface area contributed by atoms with Crippen molar-refractivity contribution in [1.29, 1.82) is 0 Å². The summed E-state index contributed by atoms with van der Waals surface area (Å²) in [5, 5.41) is 0. The van der Waals surface area contributed by atoms with E-state index in [1.807, 2.05) is 0 Å². The van der Waals surface area contributed by atoms with Gasteiger partial charge in [-0.05, 0) is 0 Å². The summed E-state index contributed by atoms with van der Waals surface area (Å²) in [5.41, 5.74) is 0. The van der Waals surface area contributed by atoms with Gasteiger partial charge in [-0.25, -0.2) is 0 Å². The van der Waals surface area contributed by atoms with Gasteiger partial charge in [-0.2, -0.15) is 0 Å². The third-order valence-electron chi connectivity index (χ3n) is 5.42. The van der Waals surface area contributed by atoms with Gasteiger partial charge in [-0.3, -0.25) is 0 Å². The number of hydrogen-bond acceptors (Lipinski definition) is 0. The van der Waals surface area contributed by atoms with Crippen LogP contribution in [0.1, 0.15) is 0 Å². The van der Waals surface area contributed by atoms with Crippen LogP contribution >= 0.6 is 0 Å². The molecule has 0 saturated carbocycles. The van der Waals surface area contributed by atoms with Gasteiger partial charge in [-0.15, -0.1) is 0 Å². The van der Waals surface area contributed by atoms with E-state index < -0.39 is 36.4 Å². The fourth-order valence-corrected chi connectivity index (χ4v) is 21.8. The van der Waals surface area contributed by atoms with Crippen molar-refractivity contribution < 1.29 is 0 Å². The van der Waals surface area contributed by atoms with E-state index in [2.05, 4.69) is 146 Å². The monoisotopic (exact) mass is 668 g/mol. The van der Waals surface area contributed by atoms with Crippen molar-refractivity contribution in [2.75, 3.05) is 0 Å². The zero-order chi connectivity index (χ0) is 21.6. The maximum atomic E-state index is 2.43. The summed E-state index contributed by atoms with van der Waals surface area (Å²) in [4.78, 5) is 0. The Hall–Kier alpha value is -2.46. The van der Waals surface area contributed by atoms with E-state index >= 15 is 0 Å². The molecule has 5 aromatic carbocycles. The van der Waals surface area contributed by atoms with Gasteiger partial charge < -0.3 is 0 Å². The molecule has 0 atom stereocenters. The van der Waals surface area contributed by atoms with Gasteiger partial charge in [0.05, 0.1) is 0 Å². The van der Waals surface area contributed by atoms with Crippen molar-refractivity contribution in [3.8, 4) is 0 Å². The van der Waals surface area contributed by atoms with Crippen LogP contribution < -0.4 is 22.9 Å². The van der Waals surface area contributed by atoms with Crippen LogP contribution in [0.4, 0.5) is 0 Å². The van der Waals surface area contributed by atoms with E-state index in [9.17, 15) is 0 Å².